The molecule has 4 rings (SSSR count). The van der Waals surface area contributed by atoms with Crippen LogP contribution in [0.5, 0.6) is 11.5 Å². The molecule has 7 heteroatoms. The van der Waals surface area contributed by atoms with Crippen LogP contribution in [0.3, 0.4) is 0 Å². The number of methoxy groups -OCH3 is 2. The lowest BCUT2D eigenvalue weighted by Crippen LogP contribution is -2.12. The van der Waals surface area contributed by atoms with Crippen molar-refractivity contribution < 1.29 is 14.3 Å². The van der Waals surface area contributed by atoms with Gasteiger partial charge in [0.25, 0.3) is 5.91 Å². The van der Waals surface area contributed by atoms with E-state index in [-0.39, 0.29) is 5.91 Å². The Morgan fingerprint density at radius 2 is 1.86 bits per heavy atom. The van der Waals surface area contributed by atoms with Gasteiger partial charge in [-0.2, -0.15) is 0 Å². The van der Waals surface area contributed by atoms with E-state index in [2.05, 4.69) is 18.3 Å². The fourth-order valence-corrected chi connectivity index (χ4v) is 4.39. The number of nitrogen functional groups attached to an aromatic ring is 1. The van der Waals surface area contributed by atoms with Gasteiger partial charge in [0.05, 0.1) is 31.1 Å². The van der Waals surface area contributed by atoms with Crippen molar-refractivity contribution in [1.82, 2.24) is 4.98 Å². The largest absolute Gasteiger partial charge is 0.497 e. The average Bonchev–Trinajstić information content (AvgIpc) is 3.02. The lowest BCUT2D eigenvalue weighted by atomic mass is 10.1. The fraction of sp³-hybridized carbons (Fsp3) is 0.182. The molecule has 148 valence electrons. The van der Waals surface area contributed by atoms with Crippen molar-refractivity contribution in [3.8, 4) is 11.5 Å². The van der Waals surface area contributed by atoms with Crippen molar-refractivity contribution in [2.75, 3.05) is 25.3 Å². The number of fused-ring (bicyclic) bond motifs is 2. The highest BCUT2D eigenvalue weighted by atomic mass is 32.1. The number of rotatable bonds is 4. The Bertz CT molecular complexity index is 1260. The number of hydrogen-bond donors (Lipinski definition) is 2. The smallest absolute Gasteiger partial charge is 0.268 e. The van der Waals surface area contributed by atoms with Gasteiger partial charge in [0.1, 0.15) is 21.2 Å². The molecule has 0 fully saturated rings. The molecule has 0 aliphatic rings. The van der Waals surface area contributed by atoms with E-state index >= 15 is 0 Å². The summed E-state index contributed by atoms with van der Waals surface area (Å²) in [5.74, 6) is 0.848. The van der Waals surface area contributed by atoms with Gasteiger partial charge >= 0.3 is 0 Å². The highest BCUT2D eigenvalue weighted by molar-refractivity contribution is 7.21. The number of anilines is 2. The summed E-state index contributed by atoms with van der Waals surface area (Å²) in [7, 11) is 3.11. The van der Waals surface area contributed by atoms with Crippen molar-refractivity contribution in [3.63, 3.8) is 0 Å². The number of ether oxygens (including phenoxy) is 2. The second-order valence-electron chi connectivity index (χ2n) is 6.85. The number of aryl methyl sites for hydroxylation is 2. The Kier molecular flexibility index (Phi) is 4.76. The molecule has 0 saturated carbocycles. The average molecular weight is 407 g/mol. The zero-order valence-electron chi connectivity index (χ0n) is 16.6. The summed E-state index contributed by atoms with van der Waals surface area (Å²) < 4.78 is 10.6. The highest BCUT2D eigenvalue weighted by Gasteiger charge is 2.20. The minimum atomic E-state index is -0.300. The number of carbonyl (C=O) groups is 1. The van der Waals surface area contributed by atoms with E-state index in [4.69, 9.17) is 20.2 Å². The highest BCUT2D eigenvalue weighted by Crippen LogP contribution is 2.37. The van der Waals surface area contributed by atoms with Crippen LogP contribution >= 0.6 is 11.3 Å². The number of thiophene rings is 1. The molecular weight excluding hydrogens is 386 g/mol. The van der Waals surface area contributed by atoms with Gasteiger partial charge in [-0.15, -0.1) is 11.3 Å². The van der Waals surface area contributed by atoms with E-state index in [1.807, 2.05) is 19.1 Å². The molecule has 2 aromatic heterocycles. The molecule has 0 aliphatic heterocycles. The van der Waals surface area contributed by atoms with Crippen LogP contribution < -0.4 is 20.5 Å². The topological polar surface area (TPSA) is 86.5 Å². The molecule has 29 heavy (non-hydrogen) atoms. The van der Waals surface area contributed by atoms with Gasteiger partial charge in [0, 0.05) is 16.8 Å². The van der Waals surface area contributed by atoms with Crippen LogP contribution in [0.15, 0.2) is 36.4 Å². The number of nitrogens with one attached hydrogen (secondary N) is 1. The Balaban J connectivity index is 1.76. The number of nitrogens with zero attached hydrogens (tertiary/aromatic N) is 1. The van der Waals surface area contributed by atoms with Gasteiger partial charge < -0.3 is 20.5 Å². The molecule has 0 saturated heterocycles. The summed E-state index contributed by atoms with van der Waals surface area (Å²) in [6.07, 6.45) is 0. The van der Waals surface area contributed by atoms with E-state index in [1.54, 1.807) is 25.3 Å². The van der Waals surface area contributed by atoms with Crippen molar-refractivity contribution >= 4 is 49.7 Å². The van der Waals surface area contributed by atoms with Crippen LogP contribution in [0.4, 0.5) is 11.4 Å². The van der Waals surface area contributed by atoms with Crippen molar-refractivity contribution in [1.29, 1.82) is 0 Å². The molecule has 0 radical (unpaired) electrons. The molecule has 1 amide bonds. The van der Waals surface area contributed by atoms with Gasteiger partial charge in [-0.05, 0) is 49.2 Å². The molecule has 2 aromatic carbocycles. The third-order valence-corrected chi connectivity index (χ3v) is 5.96. The van der Waals surface area contributed by atoms with Gasteiger partial charge in [-0.1, -0.05) is 6.07 Å². The Labute approximate surface area is 172 Å². The van der Waals surface area contributed by atoms with Gasteiger partial charge in [-0.25, -0.2) is 4.98 Å². The lowest BCUT2D eigenvalue weighted by molar-refractivity contribution is 0.103. The molecule has 0 bridgehead atoms. The number of aromatic nitrogens is 1. The van der Waals surface area contributed by atoms with Crippen molar-refractivity contribution in [3.05, 3.63) is 52.4 Å². The monoisotopic (exact) mass is 407 g/mol. The molecule has 0 atom stereocenters. The van der Waals surface area contributed by atoms with Crippen molar-refractivity contribution in [2.24, 2.45) is 0 Å². The summed E-state index contributed by atoms with van der Waals surface area (Å²) >= 11 is 1.29. The Hall–Kier alpha value is -3.32. The minimum absolute atomic E-state index is 0.300. The maximum absolute atomic E-state index is 12.9. The van der Waals surface area contributed by atoms with E-state index in [1.165, 1.54) is 18.4 Å². The van der Waals surface area contributed by atoms with Crippen LogP contribution in [0.1, 0.15) is 20.8 Å². The first-order chi connectivity index (χ1) is 13.9. The minimum Gasteiger partial charge on any atom is -0.497 e. The number of pyridine rings is 1. The quantitative estimate of drug-likeness (QED) is 0.501. The summed E-state index contributed by atoms with van der Waals surface area (Å²) in [5, 5.41) is 4.71. The first-order valence-corrected chi connectivity index (χ1v) is 9.86. The molecule has 0 aliphatic carbocycles. The van der Waals surface area contributed by atoms with E-state index in [0.717, 1.165) is 32.2 Å². The lowest BCUT2D eigenvalue weighted by Gasteiger charge is -2.11. The van der Waals surface area contributed by atoms with Gasteiger partial charge in [-0.3, -0.25) is 4.79 Å². The molecule has 0 unspecified atom stereocenters. The molecular formula is C22H21N3O3S. The summed E-state index contributed by atoms with van der Waals surface area (Å²) in [6.45, 7) is 4.09. The molecule has 0 spiro atoms. The van der Waals surface area contributed by atoms with E-state index in [0.29, 0.717) is 27.8 Å². The third kappa shape index (κ3) is 3.34. The first-order valence-electron chi connectivity index (χ1n) is 9.04. The molecule has 6 nitrogen and oxygen atoms in total. The predicted molar refractivity (Wildman–Crippen MR) is 119 cm³/mol. The standard InChI is InChI=1S/C22H21N3O3S/c1-11-7-12(2)14-10-15-19(23)20(29-22(15)25-17(14)8-11)21(26)24-16-6-5-13(27-3)9-18(16)28-4/h5-10H,23H2,1-4H3,(H,24,26). The predicted octanol–water partition coefficient (Wildman–Crippen LogP) is 4.92. The van der Waals surface area contributed by atoms with Gasteiger partial charge in [0.2, 0.25) is 0 Å². The normalized spacial score (nSPS) is 11.0. The summed E-state index contributed by atoms with van der Waals surface area (Å²) in [5.41, 5.74) is 10.5. The SMILES string of the molecule is COc1ccc(NC(=O)c2sc3nc4cc(C)cc(C)c4cc3c2N)c(OC)c1. The third-order valence-electron chi connectivity index (χ3n) is 4.85. The fourth-order valence-electron chi connectivity index (χ4n) is 3.41. The number of hydrogen-bond acceptors (Lipinski definition) is 6. The molecule has 4 aromatic rings. The zero-order valence-corrected chi connectivity index (χ0v) is 17.4. The molecule has 3 N–H and O–H groups in total. The number of nitrogens with two attached hydrogens (primary N) is 1. The van der Waals surface area contributed by atoms with E-state index in [9.17, 15) is 4.79 Å². The van der Waals surface area contributed by atoms with Crippen LogP contribution in [-0.4, -0.2) is 25.1 Å². The van der Waals surface area contributed by atoms with Crippen molar-refractivity contribution in [2.45, 2.75) is 13.8 Å². The summed E-state index contributed by atoms with van der Waals surface area (Å²) in [4.78, 5) is 18.9. The maximum atomic E-state index is 12.9. The Morgan fingerprint density at radius 1 is 1.07 bits per heavy atom. The number of carbonyl (C=O) groups excluding carboxylic acids is 1. The zero-order chi connectivity index (χ0) is 20.7. The maximum Gasteiger partial charge on any atom is 0.268 e. The molecule has 2 heterocycles. The summed E-state index contributed by atoms with van der Waals surface area (Å²) in [6, 6.07) is 11.4. The van der Waals surface area contributed by atoms with Crippen LogP contribution in [0.25, 0.3) is 21.1 Å². The van der Waals surface area contributed by atoms with Crippen LogP contribution in [0, 0.1) is 13.8 Å². The number of amides is 1. The van der Waals surface area contributed by atoms with Crippen LogP contribution in [0.2, 0.25) is 0 Å². The van der Waals surface area contributed by atoms with E-state index < -0.39 is 0 Å². The Morgan fingerprint density at radius 3 is 2.59 bits per heavy atom. The first kappa shape index (κ1) is 19.0. The second-order valence-corrected chi connectivity index (χ2v) is 7.85. The van der Waals surface area contributed by atoms with Gasteiger partial charge in [0.15, 0.2) is 0 Å². The van der Waals surface area contributed by atoms with Crippen LogP contribution in [-0.2, 0) is 0 Å². The number of benzene rings is 2. The second kappa shape index (κ2) is 7.25.